The normalized spacial score (nSPS) is 14.7. The van der Waals surface area contributed by atoms with E-state index in [1.807, 2.05) is 0 Å². The zero-order chi connectivity index (χ0) is 12.3. The molecule has 0 spiro atoms. The van der Waals surface area contributed by atoms with Gasteiger partial charge < -0.3 is 10.5 Å². The van der Waals surface area contributed by atoms with Crippen molar-refractivity contribution in [2.45, 2.75) is 38.8 Å². The van der Waals surface area contributed by atoms with Crippen LogP contribution in [0.15, 0.2) is 0 Å². The fraction of sp³-hybridized carbons (Fsp3) is 0.889. The van der Waals surface area contributed by atoms with Gasteiger partial charge in [0.25, 0.3) is 0 Å². The van der Waals surface area contributed by atoms with Gasteiger partial charge in [-0.1, -0.05) is 0 Å². The van der Waals surface area contributed by atoms with Crippen LogP contribution in [-0.2, 0) is 19.4 Å². The Balaban J connectivity index is 4.12. The summed E-state index contributed by atoms with van der Waals surface area (Å²) in [6.45, 7) is 5.19. The monoisotopic (exact) mass is 237 g/mol. The summed E-state index contributed by atoms with van der Waals surface area (Å²) in [6, 6.07) is -0.876. The lowest BCUT2D eigenvalue weighted by atomic mass is 10.2. The SMILES string of the molecule is CC(C)(C)OC(=O)[C@H](N)CCS(C)(=O)=O. The first-order valence-electron chi connectivity index (χ1n) is 4.67. The van der Waals surface area contributed by atoms with E-state index < -0.39 is 27.4 Å². The summed E-state index contributed by atoms with van der Waals surface area (Å²) in [5, 5.41) is 0. The Labute approximate surface area is 90.9 Å². The molecule has 1 atom stereocenters. The first-order chi connectivity index (χ1) is 6.51. The maximum Gasteiger partial charge on any atom is 0.323 e. The molecule has 0 radical (unpaired) electrons. The Hall–Kier alpha value is -0.620. The van der Waals surface area contributed by atoms with Crippen molar-refractivity contribution in [1.29, 1.82) is 0 Å². The van der Waals surface area contributed by atoms with Crippen molar-refractivity contribution < 1.29 is 17.9 Å². The largest absolute Gasteiger partial charge is 0.459 e. The van der Waals surface area contributed by atoms with Crippen molar-refractivity contribution >= 4 is 15.8 Å². The number of hydrogen-bond acceptors (Lipinski definition) is 5. The van der Waals surface area contributed by atoms with E-state index in [2.05, 4.69) is 0 Å². The number of ether oxygens (including phenoxy) is 1. The molecule has 0 saturated heterocycles. The van der Waals surface area contributed by atoms with Crippen LogP contribution in [-0.4, -0.2) is 38.0 Å². The number of carbonyl (C=O) groups is 1. The molecule has 0 bridgehead atoms. The van der Waals surface area contributed by atoms with Crippen LogP contribution < -0.4 is 5.73 Å². The van der Waals surface area contributed by atoms with Crippen LogP contribution in [0.1, 0.15) is 27.2 Å². The molecule has 0 amide bonds. The van der Waals surface area contributed by atoms with Crippen LogP contribution in [0.25, 0.3) is 0 Å². The topological polar surface area (TPSA) is 86.5 Å². The second-order valence-corrected chi connectivity index (χ2v) is 6.82. The van der Waals surface area contributed by atoms with Crippen LogP contribution >= 0.6 is 0 Å². The van der Waals surface area contributed by atoms with Gasteiger partial charge in [-0.3, -0.25) is 4.79 Å². The van der Waals surface area contributed by atoms with Crippen LogP contribution in [0.4, 0.5) is 0 Å². The van der Waals surface area contributed by atoms with Crippen molar-refractivity contribution in [1.82, 2.24) is 0 Å². The molecular formula is C9H19NO4S. The first kappa shape index (κ1) is 14.4. The molecule has 0 aromatic carbocycles. The van der Waals surface area contributed by atoms with E-state index in [1.165, 1.54) is 0 Å². The van der Waals surface area contributed by atoms with Crippen molar-refractivity contribution in [2.75, 3.05) is 12.0 Å². The molecule has 0 fully saturated rings. The third-order valence-corrected chi connectivity index (χ3v) is 2.49. The molecule has 0 aliphatic rings. The molecule has 0 aliphatic carbocycles. The molecule has 15 heavy (non-hydrogen) atoms. The van der Waals surface area contributed by atoms with Gasteiger partial charge >= 0.3 is 5.97 Å². The highest BCUT2D eigenvalue weighted by Crippen LogP contribution is 2.09. The second-order valence-electron chi connectivity index (χ2n) is 4.56. The van der Waals surface area contributed by atoms with Crippen LogP contribution in [0.5, 0.6) is 0 Å². The van der Waals surface area contributed by atoms with Gasteiger partial charge in [0, 0.05) is 6.26 Å². The zero-order valence-electron chi connectivity index (χ0n) is 9.61. The lowest BCUT2D eigenvalue weighted by Crippen LogP contribution is -2.38. The third kappa shape index (κ3) is 8.38. The Bertz CT molecular complexity index is 315. The highest BCUT2D eigenvalue weighted by atomic mass is 32.2. The third-order valence-electron chi connectivity index (χ3n) is 1.51. The summed E-state index contributed by atoms with van der Waals surface area (Å²) in [7, 11) is -3.08. The predicted octanol–water partition coefficient (Wildman–Crippen LogP) is 0.0901. The standard InChI is InChI=1S/C9H19NO4S/c1-9(2,3)14-8(11)7(10)5-6-15(4,12)13/h7H,5-6,10H2,1-4H3/t7-/m1/s1. The summed E-state index contributed by atoms with van der Waals surface area (Å²) in [4.78, 5) is 11.3. The quantitative estimate of drug-likeness (QED) is 0.700. The molecule has 5 nitrogen and oxygen atoms in total. The summed E-state index contributed by atoms with van der Waals surface area (Å²) in [5.41, 5.74) is 4.90. The molecule has 90 valence electrons. The lowest BCUT2D eigenvalue weighted by Gasteiger charge is -2.21. The second kappa shape index (κ2) is 4.94. The van der Waals surface area contributed by atoms with Gasteiger partial charge in [0.05, 0.1) is 5.75 Å². The number of rotatable bonds is 4. The number of hydrogen-bond donors (Lipinski definition) is 1. The van der Waals surface area contributed by atoms with E-state index >= 15 is 0 Å². The fourth-order valence-corrected chi connectivity index (χ4v) is 1.52. The van der Waals surface area contributed by atoms with Crippen molar-refractivity contribution in [3.05, 3.63) is 0 Å². The fourth-order valence-electron chi connectivity index (χ4n) is 0.836. The van der Waals surface area contributed by atoms with E-state index in [0.717, 1.165) is 6.26 Å². The molecule has 0 aliphatic heterocycles. The highest BCUT2D eigenvalue weighted by molar-refractivity contribution is 7.90. The van der Waals surface area contributed by atoms with E-state index in [1.54, 1.807) is 20.8 Å². The van der Waals surface area contributed by atoms with Gasteiger partial charge in [-0.15, -0.1) is 0 Å². The summed E-state index contributed by atoms with van der Waals surface area (Å²) in [6.07, 6.45) is 1.20. The highest BCUT2D eigenvalue weighted by Gasteiger charge is 2.22. The molecular weight excluding hydrogens is 218 g/mol. The van der Waals surface area contributed by atoms with E-state index in [4.69, 9.17) is 10.5 Å². The number of nitrogens with two attached hydrogens (primary N) is 1. The van der Waals surface area contributed by atoms with Crippen molar-refractivity contribution in [2.24, 2.45) is 5.73 Å². The van der Waals surface area contributed by atoms with Crippen LogP contribution in [0.3, 0.4) is 0 Å². The van der Waals surface area contributed by atoms with E-state index in [0.29, 0.717) is 0 Å². The Morgan fingerprint density at radius 2 is 1.87 bits per heavy atom. The van der Waals surface area contributed by atoms with Crippen molar-refractivity contribution in [3.8, 4) is 0 Å². The smallest absolute Gasteiger partial charge is 0.323 e. The minimum Gasteiger partial charge on any atom is -0.459 e. The van der Waals surface area contributed by atoms with Gasteiger partial charge in [0.2, 0.25) is 0 Å². The molecule has 0 unspecified atom stereocenters. The molecule has 0 aromatic heterocycles. The number of esters is 1. The number of carbonyl (C=O) groups excluding carboxylic acids is 1. The average molecular weight is 237 g/mol. The van der Waals surface area contributed by atoms with Gasteiger partial charge in [-0.2, -0.15) is 0 Å². The molecule has 0 saturated carbocycles. The van der Waals surface area contributed by atoms with Gasteiger partial charge in [-0.25, -0.2) is 8.42 Å². The van der Waals surface area contributed by atoms with Crippen LogP contribution in [0.2, 0.25) is 0 Å². The number of sulfone groups is 1. The maximum absolute atomic E-state index is 11.3. The predicted molar refractivity (Wildman–Crippen MR) is 58.1 cm³/mol. The Kier molecular flexibility index (Phi) is 4.73. The zero-order valence-corrected chi connectivity index (χ0v) is 10.4. The summed E-state index contributed by atoms with van der Waals surface area (Å²) in [5.74, 6) is -0.668. The van der Waals surface area contributed by atoms with Gasteiger partial charge in [0.1, 0.15) is 21.5 Å². The minimum atomic E-state index is -3.08. The van der Waals surface area contributed by atoms with E-state index in [9.17, 15) is 13.2 Å². The van der Waals surface area contributed by atoms with Gasteiger partial charge in [0.15, 0.2) is 0 Å². The molecule has 2 N–H and O–H groups in total. The Morgan fingerprint density at radius 1 is 1.40 bits per heavy atom. The van der Waals surface area contributed by atoms with Crippen molar-refractivity contribution in [3.63, 3.8) is 0 Å². The lowest BCUT2D eigenvalue weighted by molar-refractivity contribution is -0.156. The van der Waals surface area contributed by atoms with Gasteiger partial charge in [-0.05, 0) is 27.2 Å². The minimum absolute atomic E-state index is 0.0910. The Morgan fingerprint density at radius 3 is 2.20 bits per heavy atom. The van der Waals surface area contributed by atoms with E-state index in [-0.39, 0.29) is 12.2 Å². The molecule has 0 heterocycles. The summed E-state index contributed by atoms with van der Waals surface area (Å²) >= 11 is 0. The molecule has 6 heteroatoms. The summed E-state index contributed by atoms with van der Waals surface area (Å²) < 4.78 is 26.7. The molecule has 0 rings (SSSR count). The maximum atomic E-state index is 11.3. The molecule has 0 aromatic rings. The first-order valence-corrected chi connectivity index (χ1v) is 6.73. The average Bonchev–Trinajstić information content (AvgIpc) is 1.95. The van der Waals surface area contributed by atoms with Crippen LogP contribution in [0, 0.1) is 0 Å².